The number of benzene rings is 1. The molecule has 0 bridgehead atoms. The minimum atomic E-state index is 0.316. The van der Waals surface area contributed by atoms with Gasteiger partial charge in [-0.1, -0.05) is 6.92 Å². The highest BCUT2D eigenvalue weighted by atomic mass is 16.5. The molecule has 1 heterocycles. The molecule has 4 nitrogen and oxygen atoms in total. The van der Waals surface area contributed by atoms with Gasteiger partial charge in [-0.2, -0.15) is 5.10 Å². The van der Waals surface area contributed by atoms with E-state index < -0.39 is 0 Å². The van der Waals surface area contributed by atoms with Crippen molar-refractivity contribution in [2.45, 2.75) is 33.7 Å². The molecule has 1 N–H and O–H groups in total. The van der Waals surface area contributed by atoms with Gasteiger partial charge in [0.1, 0.15) is 5.75 Å². The van der Waals surface area contributed by atoms with Gasteiger partial charge in [-0.15, -0.1) is 0 Å². The Kier molecular flexibility index (Phi) is 4.79. The lowest BCUT2D eigenvalue weighted by Gasteiger charge is -2.12. The van der Waals surface area contributed by atoms with E-state index in [0.29, 0.717) is 12.6 Å². The summed E-state index contributed by atoms with van der Waals surface area (Å²) < 4.78 is 7.43. The molecule has 0 radical (unpaired) electrons. The second kappa shape index (κ2) is 6.57. The monoisotopic (exact) mass is 273 g/mol. The van der Waals surface area contributed by atoms with Crippen LogP contribution < -0.4 is 10.1 Å². The zero-order valence-corrected chi connectivity index (χ0v) is 12.7. The molecule has 1 aromatic heterocycles. The maximum atomic E-state index is 5.46. The van der Waals surface area contributed by atoms with Crippen LogP contribution in [0, 0.1) is 6.92 Å². The number of hydrogen-bond donors (Lipinski definition) is 1. The van der Waals surface area contributed by atoms with Crippen LogP contribution in [0.5, 0.6) is 5.75 Å². The van der Waals surface area contributed by atoms with E-state index in [2.05, 4.69) is 31.2 Å². The Morgan fingerprint density at radius 3 is 2.55 bits per heavy atom. The third-order valence-electron chi connectivity index (χ3n) is 3.42. The second-order valence-corrected chi connectivity index (χ2v) is 4.80. The molecule has 1 atom stereocenters. The molecule has 1 unspecified atom stereocenters. The van der Waals surface area contributed by atoms with Crippen molar-refractivity contribution >= 4 is 0 Å². The number of nitrogens with one attached hydrogen (secondary N) is 1. The molecule has 0 spiro atoms. The molecule has 2 aromatic rings. The fourth-order valence-corrected chi connectivity index (χ4v) is 2.37. The normalized spacial score (nSPS) is 12.4. The highest BCUT2D eigenvalue weighted by Crippen LogP contribution is 2.21. The van der Waals surface area contributed by atoms with Crippen LogP contribution in [0.15, 0.2) is 30.5 Å². The van der Waals surface area contributed by atoms with E-state index >= 15 is 0 Å². The SMILES string of the molecule is CCNC(C)c1cnn(-c2ccc(OCC)cc2)c1C. The molecule has 20 heavy (non-hydrogen) atoms. The Bertz CT molecular complexity index is 545. The number of rotatable bonds is 6. The van der Waals surface area contributed by atoms with Gasteiger partial charge in [-0.25, -0.2) is 4.68 Å². The van der Waals surface area contributed by atoms with Crippen molar-refractivity contribution in [1.82, 2.24) is 15.1 Å². The van der Waals surface area contributed by atoms with Crippen LogP contribution in [0.3, 0.4) is 0 Å². The molecular weight excluding hydrogens is 250 g/mol. The molecule has 0 saturated heterocycles. The minimum Gasteiger partial charge on any atom is -0.494 e. The standard InChI is InChI=1S/C16H23N3O/c1-5-17-12(3)16-11-18-19(13(16)4)14-7-9-15(10-8-14)20-6-2/h7-12,17H,5-6H2,1-4H3. The van der Waals surface area contributed by atoms with Gasteiger partial charge in [0.2, 0.25) is 0 Å². The Hall–Kier alpha value is -1.81. The van der Waals surface area contributed by atoms with E-state index in [1.165, 1.54) is 11.3 Å². The third kappa shape index (κ3) is 3.02. The molecule has 0 aliphatic rings. The summed E-state index contributed by atoms with van der Waals surface area (Å²) in [4.78, 5) is 0. The summed E-state index contributed by atoms with van der Waals surface area (Å²) >= 11 is 0. The summed E-state index contributed by atoms with van der Waals surface area (Å²) in [5.41, 5.74) is 3.46. The first-order valence-corrected chi connectivity index (χ1v) is 7.18. The van der Waals surface area contributed by atoms with E-state index in [9.17, 15) is 0 Å². The van der Waals surface area contributed by atoms with Crippen molar-refractivity contribution in [1.29, 1.82) is 0 Å². The van der Waals surface area contributed by atoms with E-state index in [1.807, 2.05) is 42.1 Å². The average Bonchev–Trinajstić information content (AvgIpc) is 2.82. The first kappa shape index (κ1) is 14.6. The number of aromatic nitrogens is 2. The first-order chi connectivity index (χ1) is 9.67. The Morgan fingerprint density at radius 2 is 1.95 bits per heavy atom. The Labute approximate surface area is 120 Å². The Balaban J connectivity index is 2.25. The van der Waals surface area contributed by atoms with Crippen LogP contribution in [-0.4, -0.2) is 22.9 Å². The highest BCUT2D eigenvalue weighted by molar-refractivity contribution is 5.39. The third-order valence-corrected chi connectivity index (χ3v) is 3.42. The van der Waals surface area contributed by atoms with Crippen molar-refractivity contribution in [3.05, 3.63) is 41.7 Å². The highest BCUT2D eigenvalue weighted by Gasteiger charge is 2.13. The number of nitrogens with zero attached hydrogens (tertiary/aromatic N) is 2. The lowest BCUT2D eigenvalue weighted by Crippen LogP contribution is -2.18. The summed E-state index contributed by atoms with van der Waals surface area (Å²) in [5, 5.41) is 7.92. The van der Waals surface area contributed by atoms with Crippen molar-refractivity contribution in [2.75, 3.05) is 13.2 Å². The molecule has 0 aliphatic heterocycles. The smallest absolute Gasteiger partial charge is 0.119 e. The van der Waals surface area contributed by atoms with Gasteiger partial charge in [0.05, 0.1) is 18.5 Å². The van der Waals surface area contributed by atoms with E-state index in [-0.39, 0.29) is 0 Å². The summed E-state index contributed by atoms with van der Waals surface area (Å²) in [5.74, 6) is 0.891. The van der Waals surface area contributed by atoms with E-state index in [0.717, 1.165) is 18.0 Å². The van der Waals surface area contributed by atoms with E-state index in [4.69, 9.17) is 4.74 Å². The first-order valence-electron chi connectivity index (χ1n) is 7.18. The molecule has 1 aromatic carbocycles. The largest absolute Gasteiger partial charge is 0.494 e. The van der Waals surface area contributed by atoms with Crippen molar-refractivity contribution in [3.63, 3.8) is 0 Å². The zero-order chi connectivity index (χ0) is 14.5. The predicted molar refractivity (Wildman–Crippen MR) is 81.6 cm³/mol. The molecular formula is C16H23N3O. The number of ether oxygens (including phenoxy) is 1. The molecule has 0 saturated carbocycles. The van der Waals surface area contributed by atoms with Gasteiger partial charge in [0, 0.05) is 17.3 Å². The van der Waals surface area contributed by atoms with Gasteiger partial charge >= 0.3 is 0 Å². The van der Waals surface area contributed by atoms with Crippen LogP contribution in [0.25, 0.3) is 5.69 Å². The molecule has 108 valence electrons. The van der Waals surface area contributed by atoms with Gasteiger partial charge < -0.3 is 10.1 Å². The summed E-state index contributed by atoms with van der Waals surface area (Å²) in [6.07, 6.45) is 1.94. The fourth-order valence-electron chi connectivity index (χ4n) is 2.37. The summed E-state index contributed by atoms with van der Waals surface area (Å²) in [7, 11) is 0. The Morgan fingerprint density at radius 1 is 1.25 bits per heavy atom. The molecule has 2 rings (SSSR count). The van der Waals surface area contributed by atoms with Crippen molar-refractivity contribution in [3.8, 4) is 11.4 Å². The van der Waals surface area contributed by atoms with Gasteiger partial charge in [0.15, 0.2) is 0 Å². The average molecular weight is 273 g/mol. The molecule has 0 amide bonds. The minimum absolute atomic E-state index is 0.316. The van der Waals surface area contributed by atoms with Crippen molar-refractivity contribution in [2.24, 2.45) is 0 Å². The van der Waals surface area contributed by atoms with Crippen LogP contribution in [0.1, 0.15) is 38.1 Å². The molecule has 0 aliphatic carbocycles. The maximum absolute atomic E-state index is 5.46. The summed E-state index contributed by atoms with van der Waals surface area (Å²) in [6.45, 7) is 10.0. The van der Waals surface area contributed by atoms with Crippen LogP contribution in [0.4, 0.5) is 0 Å². The molecule has 0 fully saturated rings. The maximum Gasteiger partial charge on any atom is 0.119 e. The lowest BCUT2D eigenvalue weighted by molar-refractivity contribution is 0.340. The van der Waals surface area contributed by atoms with Gasteiger partial charge in [-0.05, 0) is 51.6 Å². The van der Waals surface area contributed by atoms with Gasteiger partial charge in [0.25, 0.3) is 0 Å². The quantitative estimate of drug-likeness (QED) is 0.878. The fraction of sp³-hybridized carbons (Fsp3) is 0.438. The predicted octanol–water partition coefficient (Wildman–Crippen LogP) is 3.25. The zero-order valence-electron chi connectivity index (χ0n) is 12.7. The van der Waals surface area contributed by atoms with Crippen LogP contribution in [-0.2, 0) is 0 Å². The second-order valence-electron chi connectivity index (χ2n) is 4.80. The van der Waals surface area contributed by atoms with E-state index in [1.54, 1.807) is 0 Å². The topological polar surface area (TPSA) is 39.1 Å². The van der Waals surface area contributed by atoms with Crippen molar-refractivity contribution < 1.29 is 4.74 Å². The lowest BCUT2D eigenvalue weighted by atomic mass is 10.1. The molecule has 4 heteroatoms. The summed E-state index contributed by atoms with van der Waals surface area (Å²) in [6, 6.07) is 8.34. The van der Waals surface area contributed by atoms with Gasteiger partial charge in [-0.3, -0.25) is 0 Å². The van der Waals surface area contributed by atoms with Crippen LogP contribution in [0.2, 0.25) is 0 Å². The van der Waals surface area contributed by atoms with Crippen LogP contribution >= 0.6 is 0 Å². The number of hydrogen-bond acceptors (Lipinski definition) is 3.